The molecule has 0 aliphatic heterocycles. The highest BCUT2D eigenvalue weighted by Gasteiger charge is 2.30. The highest BCUT2D eigenvalue weighted by molar-refractivity contribution is 5.30. The van der Waals surface area contributed by atoms with Gasteiger partial charge in [0.15, 0.2) is 0 Å². The molecule has 1 fully saturated rings. The molecule has 3 atom stereocenters. The Morgan fingerprint density at radius 2 is 1.92 bits per heavy atom. The van der Waals surface area contributed by atoms with Crippen LogP contribution >= 0.6 is 0 Å². The zero-order valence-corrected chi connectivity index (χ0v) is 14.5. The first-order chi connectivity index (χ1) is 11.8. The summed E-state index contributed by atoms with van der Waals surface area (Å²) < 4.78 is 5.89. The Kier molecular flexibility index (Phi) is 5.92. The molecule has 2 aromatic rings. The molecule has 0 bridgehead atoms. The Morgan fingerprint density at radius 3 is 2.71 bits per heavy atom. The molecule has 2 nitrogen and oxygen atoms in total. The van der Waals surface area contributed by atoms with Crippen LogP contribution in [0.25, 0.3) is 0 Å². The summed E-state index contributed by atoms with van der Waals surface area (Å²) in [5, 5.41) is 10.8. The second kappa shape index (κ2) is 8.34. The second-order valence-corrected chi connectivity index (χ2v) is 7.02. The Morgan fingerprint density at radius 1 is 1.08 bits per heavy atom. The molecule has 24 heavy (non-hydrogen) atoms. The van der Waals surface area contributed by atoms with Crippen LogP contribution in [-0.4, -0.2) is 5.11 Å². The Bertz CT molecular complexity index is 623. The Balaban J connectivity index is 1.60. The van der Waals surface area contributed by atoms with E-state index in [4.69, 9.17) is 4.74 Å². The quantitative estimate of drug-likeness (QED) is 0.727. The zero-order chi connectivity index (χ0) is 16.8. The molecule has 1 aliphatic carbocycles. The first kappa shape index (κ1) is 17.0. The van der Waals surface area contributed by atoms with E-state index in [1.54, 1.807) is 0 Å². The van der Waals surface area contributed by atoms with E-state index in [0.717, 1.165) is 35.6 Å². The predicted molar refractivity (Wildman–Crippen MR) is 97.9 cm³/mol. The van der Waals surface area contributed by atoms with Gasteiger partial charge in [-0.2, -0.15) is 0 Å². The van der Waals surface area contributed by atoms with Gasteiger partial charge in [0.2, 0.25) is 0 Å². The molecule has 0 unspecified atom stereocenters. The van der Waals surface area contributed by atoms with Crippen molar-refractivity contribution in [3.63, 3.8) is 0 Å². The van der Waals surface area contributed by atoms with Crippen LogP contribution in [0.4, 0.5) is 0 Å². The third kappa shape index (κ3) is 4.39. The number of rotatable bonds is 7. The Labute approximate surface area is 145 Å². The number of ether oxygens (including phenoxy) is 1. The summed E-state index contributed by atoms with van der Waals surface area (Å²) in [7, 11) is 0. The fourth-order valence-corrected chi connectivity index (χ4v) is 3.87. The van der Waals surface area contributed by atoms with E-state index < -0.39 is 0 Å². The summed E-state index contributed by atoms with van der Waals surface area (Å²) in [6, 6.07) is 18.1. The van der Waals surface area contributed by atoms with Crippen LogP contribution in [0.2, 0.25) is 0 Å². The molecule has 0 spiro atoms. The van der Waals surface area contributed by atoms with Gasteiger partial charge < -0.3 is 9.84 Å². The average Bonchev–Trinajstić information content (AvgIpc) is 3.09. The van der Waals surface area contributed by atoms with E-state index in [1.807, 2.05) is 42.5 Å². The number of aliphatic hydroxyl groups excluding tert-OH is 1. The topological polar surface area (TPSA) is 29.5 Å². The van der Waals surface area contributed by atoms with Crippen molar-refractivity contribution >= 4 is 0 Å². The van der Waals surface area contributed by atoms with Gasteiger partial charge in [0.05, 0.1) is 6.10 Å². The first-order valence-corrected chi connectivity index (χ1v) is 9.21. The van der Waals surface area contributed by atoms with Gasteiger partial charge in [-0.3, -0.25) is 0 Å². The maximum absolute atomic E-state index is 10.8. The van der Waals surface area contributed by atoms with Crippen molar-refractivity contribution in [2.75, 3.05) is 0 Å². The summed E-state index contributed by atoms with van der Waals surface area (Å²) in [4.78, 5) is 0. The van der Waals surface area contributed by atoms with Gasteiger partial charge in [0.25, 0.3) is 0 Å². The molecule has 0 heterocycles. The maximum atomic E-state index is 10.8. The molecule has 128 valence electrons. The lowest BCUT2D eigenvalue weighted by atomic mass is 9.92. The number of hydrogen-bond donors (Lipinski definition) is 1. The summed E-state index contributed by atoms with van der Waals surface area (Å²) >= 11 is 0. The highest BCUT2D eigenvalue weighted by Crippen LogP contribution is 2.41. The van der Waals surface area contributed by atoms with Gasteiger partial charge in [0, 0.05) is 0 Å². The van der Waals surface area contributed by atoms with Crippen molar-refractivity contribution in [3.8, 4) is 5.75 Å². The number of aliphatic hydroxyl groups is 1. The minimum Gasteiger partial charge on any atom is -0.489 e. The molecule has 1 aliphatic rings. The van der Waals surface area contributed by atoms with Gasteiger partial charge in [-0.1, -0.05) is 68.7 Å². The largest absolute Gasteiger partial charge is 0.489 e. The van der Waals surface area contributed by atoms with Crippen LogP contribution in [0.1, 0.15) is 56.3 Å². The van der Waals surface area contributed by atoms with Crippen LogP contribution in [0.3, 0.4) is 0 Å². The van der Waals surface area contributed by atoms with E-state index in [1.165, 1.54) is 19.3 Å². The van der Waals surface area contributed by atoms with Crippen molar-refractivity contribution in [1.82, 2.24) is 0 Å². The normalized spacial score (nSPS) is 21.6. The van der Waals surface area contributed by atoms with E-state index in [0.29, 0.717) is 12.5 Å². The summed E-state index contributed by atoms with van der Waals surface area (Å²) in [6.45, 7) is 2.81. The molecule has 2 heteroatoms. The minimum atomic E-state index is -0.368. The summed E-state index contributed by atoms with van der Waals surface area (Å²) in [5.41, 5.74) is 2.14. The van der Waals surface area contributed by atoms with Crippen LogP contribution in [-0.2, 0) is 6.61 Å². The van der Waals surface area contributed by atoms with Gasteiger partial charge >= 0.3 is 0 Å². The first-order valence-electron chi connectivity index (χ1n) is 9.21. The molecule has 0 saturated heterocycles. The lowest BCUT2D eigenvalue weighted by Gasteiger charge is -2.19. The molecule has 0 aromatic heterocycles. The van der Waals surface area contributed by atoms with E-state index in [2.05, 4.69) is 19.1 Å². The van der Waals surface area contributed by atoms with Crippen molar-refractivity contribution in [2.45, 2.75) is 51.7 Å². The van der Waals surface area contributed by atoms with Crippen molar-refractivity contribution in [2.24, 2.45) is 11.8 Å². The van der Waals surface area contributed by atoms with Crippen LogP contribution in [0.5, 0.6) is 5.75 Å². The number of benzene rings is 2. The monoisotopic (exact) mass is 324 g/mol. The molecular weight excluding hydrogens is 296 g/mol. The molecule has 2 aromatic carbocycles. The van der Waals surface area contributed by atoms with Crippen molar-refractivity contribution in [1.29, 1.82) is 0 Å². The molecule has 0 radical (unpaired) electrons. The van der Waals surface area contributed by atoms with E-state index in [-0.39, 0.29) is 6.10 Å². The van der Waals surface area contributed by atoms with Gasteiger partial charge in [-0.15, -0.1) is 0 Å². The lowest BCUT2D eigenvalue weighted by Crippen LogP contribution is -2.10. The summed E-state index contributed by atoms with van der Waals surface area (Å²) in [5.74, 6) is 2.02. The SMILES string of the molecule is CCC[C@@H]1CC[C@H]([C@@H](O)c2cccc(OCc3ccccc3)c2)C1. The molecule has 0 amide bonds. The fourth-order valence-electron chi connectivity index (χ4n) is 3.87. The molecule has 3 rings (SSSR count). The predicted octanol–water partition coefficient (Wildman–Crippen LogP) is 5.52. The standard InChI is InChI=1S/C22H28O2/c1-2-7-17-12-13-20(14-17)22(23)19-10-6-11-21(15-19)24-16-18-8-4-3-5-9-18/h3-6,8-11,15,17,20,22-23H,2,7,12-14,16H2,1H3/t17-,20+,22+/m1/s1. The fraction of sp³-hybridized carbons (Fsp3) is 0.455. The van der Waals surface area contributed by atoms with Crippen molar-refractivity contribution in [3.05, 3.63) is 65.7 Å². The van der Waals surface area contributed by atoms with Gasteiger partial charge in [-0.05, 0) is 47.9 Å². The Hall–Kier alpha value is -1.80. The van der Waals surface area contributed by atoms with E-state index >= 15 is 0 Å². The van der Waals surface area contributed by atoms with Crippen LogP contribution < -0.4 is 4.74 Å². The average molecular weight is 324 g/mol. The van der Waals surface area contributed by atoms with Crippen LogP contribution in [0, 0.1) is 11.8 Å². The second-order valence-electron chi connectivity index (χ2n) is 7.02. The van der Waals surface area contributed by atoms with Crippen LogP contribution in [0.15, 0.2) is 54.6 Å². The molecular formula is C22H28O2. The summed E-state index contributed by atoms with van der Waals surface area (Å²) in [6.07, 6.45) is 5.73. The lowest BCUT2D eigenvalue weighted by molar-refractivity contribution is 0.108. The van der Waals surface area contributed by atoms with Gasteiger partial charge in [0.1, 0.15) is 12.4 Å². The third-order valence-electron chi connectivity index (χ3n) is 5.17. The molecule has 1 N–H and O–H groups in total. The molecule has 1 saturated carbocycles. The third-order valence-corrected chi connectivity index (χ3v) is 5.17. The van der Waals surface area contributed by atoms with Gasteiger partial charge in [-0.25, -0.2) is 0 Å². The smallest absolute Gasteiger partial charge is 0.120 e. The maximum Gasteiger partial charge on any atom is 0.120 e. The zero-order valence-electron chi connectivity index (χ0n) is 14.5. The van der Waals surface area contributed by atoms with Crippen molar-refractivity contribution < 1.29 is 9.84 Å². The van der Waals surface area contributed by atoms with E-state index in [9.17, 15) is 5.11 Å². The highest BCUT2D eigenvalue weighted by atomic mass is 16.5. The number of hydrogen-bond acceptors (Lipinski definition) is 2. The minimum absolute atomic E-state index is 0.368.